The molecule has 1 spiro atoms. The van der Waals surface area contributed by atoms with Crippen molar-refractivity contribution in [3.63, 3.8) is 0 Å². The standard InChI is InChI=1S/C24H27F4N3O2/c1-29-13-14-31-19(24(26,27)28)15-18(25)20(31)22(29)9-11-30(12-10-22)21(32)16-3-5-17(6-4-16)23(33)7-2-8-23/h3-6,15,33H,2,7-14H2,1H3. The Labute approximate surface area is 189 Å². The molecule has 0 bridgehead atoms. The predicted molar refractivity (Wildman–Crippen MR) is 113 cm³/mol. The lowest BCUT2D eigenvalue weighted by molar-refractivity contribution is -0.144. The van der Waals surface area contributed by atoms with Gasteiger partial charge in [0.2, 0.25) is 0 Å². The Kier molecular flexibility index (Phi) is 5.13. The molecule has 1 amide bonds. The van der Waals surface area contributed by atoms with E-state index >= 15 is 0 Å². The van der Waals surface area contributed by atoms with Gasteiger partial charge in [-0.2, -0.15) is 13.2 Å². The summed E-state index contributed by atoms with van der Waals surface area (Å²) >= 11 is 0. The summed E-state index contributed by atoms with van der Waals surface area (Å²) in [6.07, 6.45) is -1.50. The van der Waals surface area contributed by atoms with Crippen LogP contribution in [0.2, 0.25) is 0 Å². The molecular formula is C24H27F4N3O2. The van der Waals surface area contributed by atoms with Crippen molar-refractivity contribution in [1.82, 2.24) is 14.4 Å². The fraction of sp³-hybridized carbons (Fsp3) is 0.542. The van der Waals surface area contributed by atoms with Gasteiger partial charge in [0.25, 0.3) is 5.91 Å². The van der Waals surface area contributed by atoms with Gasteiger partial charge in [-0.05, 0) is 56.8 Å². The van der Waals surface area contributed by atoms with E-state index in [4.69, 9.17) is 0 Å². The number of piperidine rings is 1. The average Bonchev–Trinajstić information content (AvgIpc) is 3.13. The van der Waals surface area contributed by atoms with Gasteiger partial charge in [0.05, 0.1) is 16.8 Å². The first-order chi connectivity index (χ1) is 15.6. The maximum atomic E-state index is 14.9. The fourth-order valence-corrected chi connectivity index (χ4v) is 5.71. The fourth-order valence-electron chi connectivity index (χ4n) is 5.71. The zero-order valence-corrected chi connectivity index (χ0v) is 18.5. The Bertz CT molecular complexity index is 1060. The van der Waals surface area contributed by atoms with Crippen molar-refractivity contribution in [3.05, 3.63) is 58.7 Å². The van der Waals surface area contributed by atoms with Gasteiger partial charge in [-0.1, -0.05) is 12.1 Å². The van der Waals surface area contributed by atoms with Crippen molar-refractivity contribution in [2.75, 3.05) is 26.7 Å². The summed E-state index contributed by atoms with van der Waals surface area (Å²) in [6, 6.07) is 7.60. The molecular weight excluding hydrogens is 438 g/mol. The highest BCUT2D eigenvalue weighted by Crippen LogP contribution is 2.45. The molecule has 3 heterocycles. The van der Waals surface area contributed by atoms with E-state index < -0.39 is 28.8 Å². The Morgan fingerprint density at radius 1 is 1.00 bits per heavy atom. The lowest BCUT2D eigenvalue weighted by Crippen LogP contribution is -2.57. The van der Waals surface area contributed by atoms with Crippen LogP contribution in [0.15, 0.2) is 30.3 Å². The maximum Gasteiger partial charge on any atom is 0.431 e. The molecule has 1 aromatic heterocycles. The van der Waals surface area contributed by atoms with Crippen LogP contribution < -0.4 is 0 Å². The summed E-state index contributed by atoms with van der Waals surface area (Å²) in [7, 11) is 1.81. The second-order valence-electron chi connectivity index (χ2n) is 9.58. The summed E-state index contributed by atoms with van der Waals surface area (Å²) < 4.78 is 56.3. The number of fused-ring (bicyclic) bond motifs is 2. The minimum atomic E-state index is -4.62. The van der Waals surface area contributed by atoms with Crippen LogP contribution in [0.1, 0.15) is 59.4 Å². The highest BCUT2D eigenvalue weighted by atomic mass is 19.4. The van der Waals surface area contributed by atoms with Crippen LogP contribution in [0, 0.1) is 5.82 Å². The van der Waals surface area contributed by atoms with E-state index in [0.717, 1.165) is 29.4 Å². The van der Waals surface area contributed by atoms with Crippen molar-refractivity contribution < 1.29 is 27.5 Å². The minimum Gasteiger partial charge on any atom is -0.385 e. The summed E-state index contributed by atoms with van der Waals surface area (Å²) in [5.74, 6) is -1.000. The van der Waals surface area contributed by atoms with Crippen molar-refractivity contribution in [3.8, 4) is 0 Å². The second kappa shape index (κ2) is 7.56. The summed E-state index contributed by atoms with van der Waals surface area (Å²) in [5, 5.41) is 10.5. The molecule has 0 unspecified atom stereocenters. The molecule has 2 fully saturated rings. The topological polar surface area (TPSA) is 48.7 Å². The maximum absolute atomic E-state index is 14.9. The van der Waals surface area contributed by atoms with Crippen molar-refractivity contribution in [2.45, 2.75) is 56.0 Å². The molecule has 178 valence electrons. The molecule has 2 aromatic rings. The van der Waals surface area contributed by atoms with Crippen LogP contribution >= 0.6 is 0 Å². The normalized spacial score (nSPS) is 22.2. The third kappa shape index (κ3) is 3.47. The number of carbonyl (C=O) groups excluding carboxylic acids is 1. The molecule has 1 N–H and O–H groups in total. The predicted octanol–water partition coefficient (Wildman–Crippen LogP) is 4.09. The molecule has 2 aliphatic heterocycles. The molecule has 1 aromatic carbocycles. The zero-order chi connectivity index (χ0) is 23.6. The quantitative estimate of drug-likeness (QED) is 0.680. The number of amides is 1. The first-order valence-electron chi connectivity index (χ1n) is 11.4. The van der Waals surface area contributed by atoms with E-state index in [1.54, 1.807) is 29.2 Å². The first kappa shape index (κ1) is 22.4. The SMILES string of the molecule is CN1CCn2c(C(F)(F)F)cc(F)c2C12CCN(C(=O)c1ccc(C3(O)CCC3)cc1)CC2. The third-order valence-corrected chi connectivity index (χ3v) is 7.90. The van der Waals surface area contributed by atoms with E-state index in [9.17, 15) is 27.5 Å². The van der Waals surface area contributed by atoms with E-state index in [-0.39, 0.29) is 18.1 Å². The molecule has 1 aliphatic carbocycles. The average molecular weight is 465 g/mol. The lowest BCUT2D eigenvalue weighted by Gasteiger charge is -2.50. The van der Waals surface area contributed by atoms with Crippen LogP contribution in [0.3, 0.4) is 0 Å². The summed E-state index contributed by atoms with van der Waals surface area (Å²) in [6.45, 7) is 1.10. The molecule has 3 aliphatic rings. The lowest BCUT2D eigenvalue weighted by atomic mass is 9.75. The van der Waals surface area contributed by atoms with Crippen LogP contribution in [0.4, 0.5) is 17.6 Å². The number of rotatable bonds is 2. The molecule has 0 atom stereocenters. The number of hydrogen-bond acceptors (Lipinski definition) is 3. The largest absolute Gasteiger partial charge is 0.431 e. The van der Waals surface area contributed by atoms with Gasteiger partial charge in [-0.3, -0.25) is 9.69 Å². The number of carbonyl (C=O) groups is 1. The van der Waals surface area contributed by atoms with E-state index in [2.05, 4.69) is 0 Å². The molecule has 5 nitrogen and oxygen atoms in total. The number of halogens is 4. The van der Waals surface area contributed by atoms with Gasteiger partial charge in [0.1, 0.15) is 11.5 Å². The van der Waals surface area contributed by atoms with Crippen molar-refractivity contribution in [1.29, 1.82) is 0 Å². The molecule has 0 radical (unpaired) electrons. The molecule has 33 heavy (non-hydrogen) atoms. The monoisotopic (exact) mass is 465 g/mol. The number of aliphatic hydroxyl groups is 1. The van der Waals surface area contributed by atoms with Crippen LogP contribution in [0.5, 0.6) is 0 Å². The Hall–Kier alpha value is -2.39. The summed E-state index contributed by atoms with van der Waals surface area (Å²) in [5.41, 5.74) is -1.23. The Morgan fingerprint density at radius 2 is 1.64 bits per heavy atom. The highest BCUT2D eigenvalue weighted by molar-refractivity contribution is 5.94. The van der Waals surface area contributed by atoms with E-state index in [1.165, 1.54) is 0 Å². The minimum absolute atomic E-state index is 0.0771. The van der Waals surface area contributed by atoms with Crippen molar-refractivity contribution in [2.24, 2.45) is 0 Å². The first-order valence-corrected chi connectivity index (χ1v) is 11.4. The number of hydrogen-bond donors (Lipinski definition) is 1. The Morgan fingerprint density at radius 3 is 2.18 bits per heavy atom. The van der Waals surface area contributed by atoms with Crippen LogP contribution in [0.25, 0.3) is 0 Å². The number of benzene rings is 1. The second-order valence-corrected chi connectivity index (χ2v) is 9.58. The molecule has 5 rings (SSSR count). The summed E-state index contributed by atoms with van der Waals surface area (Å²) in [4.78, 5) is 16.7. The van der Waals surface area contributed by atoms with Gasteiger partial charge >= 0.3 is 6.18 Å². The van der Waals surface area contributed by atoms with Gasteiger partial charge in [-0.15, -0.1) is 0 Å². The van der Waals surface area contributed by atoms with Crippen molar-refractivity contribution >= 4 is 5.91 Å². The highest BCUT2D eigenvalue weighted by Gasteiger charge is 2.49. The van der Waals surface area contributed by atoms with E-state index in [0.29, 0.717) is 44.1 Å². The van der Waals surface area contributed by atoms with Gasteiger partial charge in [-0.25, -0.2) is 4.39 Å². The van der Waals surface area contributed by atoms with Gasteiger partial charge < -0.3 is 14.6 Å². The zero-order valence-electron chi connectivity index (χ0n) is 18.5. The molecule has 1 saturated heterocycles. The molecule has 1 saturated carbocycles. The van der Waals surface area contributed by atoms with E-state index in [1.807, 2.05) is 11.9 Å². The number of nitrogens with zero attached hydrogens (tertiary/aromatic N) is 3. The smallest absolute Gasteiger partial charge is 0.385 e. The van der Waals surface area contributed by atoms with Gasteiger partial charge in [0, 0.05) is 37.8 Å². The van der Waals surface area contributed by atoms with Gasteiger partial charge in [0.15, 0.2) is 0 Å². The third-order valence-electron chi connectivity index (χ3n) is 7.90. The molecule has 9 heteroatoms. The number of likely N-dealkylation sites (N-methyl/N-ethyl adjacent to an activating group) is 1. The number of alkyl halides is 3. The number of likely N-dealkylation sites (tertiary alicyclic amines) is 1. The Balaban J connectivity index is 1.36. The van der Waals surface area contributed by atoms with Crippen LogP contribution in [-0.4, -0.2) is 52.1 Å². The van der Waals surface area contributed by atoms with Crippen LogP contribution in [-0.2, 0) is 23.9 Å². The number of aromatic nitrogens is 1.